The van der Waals surface area contributed by atoms with Crippen LogP contribution in [0.4, 0.5) is 0 Å². The number of nitrogens with one attached hydrogen (secondary N) is 1. The molecule has 2 rings (SSSR count). The lowest BCUT2D eigenvalue weighted by Gasteiger charge is -2.43. The highest BCUT2D eigenvalue weighted by atomic mass is 32.2. The van der Waals surface area contributed by atoms with Gasteiger partial charge in [-0.1, -0.05) is 0 Å². The molecule has 92 valence electrons. The molecule has 6 heteroatoms. The largest absolute Gasteiger partial charge is 0.314 e. The summed E-state index contributed by atoms with van der Waals surface area (Å²) in [6.45, 7) is 4.25. The van der Waals surface area contributed by atoms with E-state index in [9.17, 15) is 13.2 Å². The van der Waals surface area contributed by atoms with E-state index >= 15 is 0 Å². The molecule has 0 aliphatic carbocycles. The lowest BCUT2D eigenvalue weighted by Crippen LogP contribution is -2.67. The number of rotatable bonds is 3. The van der Waals surface area contributed by atoms with Crippen LogP contribution in [0.3, 0.4) is 0 Å². The van der Waals surface area contributed by atoms with Crippen molar-refractivity contribution in [2.45, 2.75) is 43.9 Å². The van der Waals surface area contributed by atoms with Crippen molar-refractivity contribution in [3.8, 4) is 0 Å². The Bertz CT molecular complexity index is 396. The molecule has 2 aliphatic rings. The van der Waals surface area contributed by atoms with Crippen molar-refractivity contribution in [2.24, 2.45) is 0 Å². The Labute approximate surface area is 96.2 Å². The lowest BCUT2D eigenvalue weighted by atomic mass is 10.1. The van der Waals surface area contributed by atoms with Crippen LogP contribution in [0.5, 0.6) is 0 Å². The van der Waals surface area contributed by atoms with Crippen LogP contribution in [-0.2, 0) is 14.8 Å². The number of sulfonamides is 1. The highest BCUT2D eigenvalue weighted by Crippen LogP contribution is 2.34. The third-order valence-electron chi connectivity index (χ3n) is 3.52. The van der Waals surface area contributed by atoms with Crippen molar-refractivity contribution >= 4 is 15.9 Å². The smallest absolute Gasteiger partial charge is 0.258 e. The third-order valence-corrected chi connectivity index (χ3v) is 5.91. The van der Waals surface area contributed by atoms with Crippen molar-refractivity contribution < 1.29 is 13.2 Å². The second-order valence-corrected chi connectivity index (χ2v) is 7.39. The van der Waals surface area contributed by atoms with Crippen LogP contribution in [0.25, 0.3) is 0 Å². The van der Waals surface area contributed by atoms with Gasteiger partial charge >= 0.3 is 0 Å². The van der Waals surface area contributed by atoms with Crippen molar-refractivity contribution in [2.75, 3.05) is 13.1 Å². The van der Waals surface area contributed by atoms with Gasteiger partial charge < -0.3 is 5.32 Å². The zero-order valence-corrected chi connectivity index (χ0v) is 10.5. The molecule has 0 aromatic rings. The van der Waals surface area contributed by atoms with E-state index in [4.69, 9.17) is 0 Å². The molecule has 1 amide bonds. The number of carbonyl (C=O) groups is 1. The summed E-state index contributed by atoms with van der Waals surface area (Å²) in [5.41, 5.74) is 0. The highest BCUT2D eigenvalue weighted by Gasteiger charge is 2.59. The summed E-state index contributed by atoms with van der Waals surface area (Å²) >= 11 is 0. The van der Waals surface area contributed by atoms with Crippen LogP contribution in [0.2, 0.25) is 0 Å². The highest BCUT2D eigenvalue weighted by molar-refractivity contribution is 7.94. The quantitative estimate of drug-likeness (QED) is 0.766. The Hall–Kier alpha value is -0.620. The first-order valence-electron chi connectivity index (χ1n) is 5.67. The molecule has 0 radical (unpaired) electrons. The fourth-order valence-electron chi connectivity index (χ4n) is 2.25. The molecular weight excluding hydrogens is 228 g/mol. The van der Waals surface area contributed by atoms with Crippen LogP contribution in [0.1, 0.15) is 33.1 Å². The van der Waals surface area contributed by atoms with E-state index in [2.05, 4.69) is 5.32 Å². The molecule has 0 aromatic carbocycles. The molecule has 0 bridgehead atoms. The van der Waals surface area contributed by atoms with E-state index in [1.165, 1.54) is 13.8 Å². The zero-order chi connectivity index (χ0) is 12.0. The van der Waals surface area contributed by atoms with Crippen LogP contribution in [-0.4, -0.2) is 42.5 Å². The molecule has 2 saturated heterocycles. The standard InChI is InChI=1S/C10H18N2O3S/c1-10(2)9(13)12(16(10,14)15)7-5-8-4-3-6-11-8/h8,11H,3-7H2,1-2H3. The Kier molecular flexibility index (Phi) is 2.74. The first-order valence-corrected chi connectivity index (χ1v) is 7.11. The summed E-state index contributed by atoms with van der Waals surface area (Å²) < 4.78 is 23.4. The van der Waals surface area contributed by atoms with E-state index in [-0.39, 0.29) is 5.91 Å². The summed E-state index contributed by atoms with van der Waals surface area (Å²) in [5.74, 6) is -0.273. The maximum atomic E-state index is 11.8. The fourth-order valence-corrected chi connectivity index (χ4v) is 3.80. The number of nitrogens with zero attached hydrogens (tertiary/aromatic N) is 1. The van der Waals surface area contributed by atoms with Crippen molar-refractivity contribution in [3.63, 3.8) is 0 Å². The normalized spacial score (nSPS) is 31.5. The first kappa shape index (κ1) is 11.9. The summed E-state index contributed by atoms with van der Waals surface area (Å²) in [6.07, 6.45) is 2.93. The Morgan fingerprint density at radius 2 is 2.19 bits per heavy atom. The van der Waals surface area contributed by atoms with Gasteiger partial charge in [-0.25, -0.2) is 12.7 Å². The maximum absolute atomic E-state index is 11.8. The van der Waals surface area contributed by atoms with Gasteiger partial charge in [0, 0.05) is 12.6 Å². The Morgan fingerprint density at radius 1 is 1.50 bits per heavy atom. The van der Waals surface area contributed by atoms with Crippen molar-refractivity contribution in [1.29, 1.82) is 0 Å². The molecule has 0 saturated carbocycles. The molecule has 2 aliphatic heterocycles. The van der Waals surface area contributed by atoms with Crippen molar-refractivity contribution in [3.05, 3.63) is 0 Å². The predicted octanol–water partition coefficient (Wildman–Crippen LogP) is 0.0791. The molecule has 2 heterocycles. The predicted molar refractivity (Wildman–Crippen MR) is 60.4 cm³/mol. The van der Waals surface area contributed by atoms with Crippen LogP contribution in [0, 0.1) is 0 Å². The number of carbonyl (C=O) groups excluding carboxylic acids is 1. The third kappa shape index (κ3) is 1.55. The minimum atomic E-state index is -3.39. The first-order chi connectivity index (χ1) is 7.37. The minimum absolute atomic E-state index is 0.273. The minimum Gasteiger partial charge on any atom is -0.314 e. The molecule has 0 aromatic heterocycles. The lowest BCUT2D eigenvalue weighted by molar-refractivity contribution is -0.132. The molecule has 0 spiro atoms. The topological polar surface area (TPSA) is 66.5 Å². The maximum Gasteiger partial charge on any atom is 0.258 e. The van der Waals surface area contributed by atoms with Gasteiger partial charge in [-0.3, -0.25) is 4.79 Å². The van der Waals surface area contributed by atoms with Gasteiger partial charge in [0.1, 0.15) is 0 Å². The van der Waals surface area contributed by atoms with E-state index < -0.39 is 14.8 Å². The van der Waals surface area contributed by atoms with Gasteiger partial charge in [0.15, 0.2) is 4.75 Å². The number of amides is 1. The van der Waals surface area contributed by atoms with E-state index in [1.807, 2.05) is 0 Å². The average molecular weight is 246 g/mol. The second kappa shape index (κ2) is 3.70. The van der Waals surface area contributed by atoms with Gasteiger partial charge in [0.25, 0.3) is 15.9 Å². The van der Waals surface area contributed by atoms with Gasteiger partial charge in [-0.05, 0) is 39.7 Å². The van der Waals surface area contributed by atoms with Crippen molar-refractivity contribution in [1.82, 2.24) is 9.62 Å². The number of hydrogen-bond donors (Lipinski definition) is 1. The van der Waals surface area contributed by atoms with E-state index in [0.717, 1.165) is 30.1 Å². The summed E-state index contributed by atoms with van der Waals surface area (Å²) in [5, 5.41) is 3.29. The van der Waals surface area contributed by atoms with Gasteiger partial charge in [0.2, 0.25) is 0 Å². The molecule has 1 unspecified atom stereocenters. The molecule has 2 fully saturated rings. The second-order valence-electron chi connectivity index (χ2n) is 4.97. The summed E-state index contributed by atoms with van der Waals surface area (Å²) in [7, 11) is -3.39. The fraction of sp³-hybridized carbons (Fsp3) is 0.900. The average Bonchev–Trinajstić information content (AvgIpc) is 2.69. The SMILES string of the molecule is CC1(C)C(=O)N(CCC2CCCN2)S1(=O)=O. The van der Waals surface area contributed by atoms with Crippen LogP contribution >= 0.6 is 0 Å². The summed E-state index contributed by atoms with van der Waals surface area (Å²) in [6, 6.07) is 0.367. The van der Waals surface area contributed by atoms with Crippen LogP contribution in [0.15, 0.2) is 0 Å². The summed E-state index contributed by atoms with van der Waals surface area (Å²) in [4.78, 5) is 11.6. The van der Waals surface area contributed by atoms with E-state index in [0.29, 0.717) is 12.6 Å². The van der Waals surface area contributed by atoms with Gasteiger partial charge in [0.05, 0.1) is 0 Å². The Morgan fingerprint density at radius 3 is 2.69 bits per heavy atom. The molecule has 1 N–H and O–H groups in total. The van der Waals surface area contributed by atoms with Gasteiger partial charge in [-0.15, -0.1) is 0 Å². The molecular formula is C10H18N2O3S. The zero-order valence-electron chi connectivity index (χ0n) is 9.69. The molecule has 16 heavy (non-hydrogen) atoms. The molecule has 5 nitrogen and oxygen atoms in total. The Balaban J connectivity index is 1.94. The number of hydrogen-bond acceptors (Lipinski definition) is 4. The molecule has 1 atom stereocenters. The van der Waals surface area contributed by atoms with E-state index in [1.54, 1.807) is 0 Å². The van der Waals surface area contributed by atoms with Crippen LogP contribution < -0.4 is 5.32 Å². The monoisotopic (exact) mass is 246 g/mol. The van der Waals surface area contributed by atoms with Gasteiger partial charge in [-0.2, -0.15) is 0 Å².